The first-order chi connectivity index (χ1) is 18.2. The van der Waals surface area contributed by atoms with Crippen molar-refractivity contribution in [3.05, 3.63) is 89.0 Å². The molecule has 38 heavy (non-hydrogen) atoms. The summed E-state index contributed by atoms with van der Waals surface area (Å²) in [5.41, 5.74) is 1.30. The van der Waals surface area contributed by atoms with E-state index in [2.05, 4.69) is 17.1 Å². The lowest BCUT2D eigenvalue weighted by Gasteiger charge is -2.25. The van der Waals surface area contributed by atoms with Crippen molar-refractivity contribution in [1.82, 2.24) is 10.2 Å². The summed E-state index contributed by atoms with van der Waals surface area (Å²) in [6.07, 6.45) is -2.28. The summed E-state index contributed by atoms with van der Waals surface area (Å²) in [7, 11) is 0. The van der Waals surface area contributed by atoms with E-state index >= 15 is 0 Å². The summed E-state index contributed by atoms with van der Waals surface area (Å²) in [6.45, 7) is 4.72. The first-order valence-electron chi connectivity index (χ1n) is 12.7. The Morgan fingerprint density at radius 2 is 1.82 bits per heavy atom. The fourth-order valence-corrected chi connectivity index (χ4v) is 6.11. The van der Waals surface area contributed by atoms with Gasteiger partial charge in [0.15, 0.2) is 0 Å². The maximum Gasteiger partial charge on any atom is 0.416 e. The molecule has 0 saturated carbocycles. The van der Waals surface area contributed by atoms with Gasteiger partial charge in [0.1, 0.15) is 0 Å². The van der Waals surface area contributed by atoms with E-state index in [1.165, 1.54) is 23.9 Å². The standard InChI is InChI=1S/C29H28F3N3O2S/c1-2-34-15-5-6-22(34)17-33-27(36)20-11-14-26-24(16-20)35(28(37)23-7-3-4-8-25(23)38-26)18-19-9-12-21(13-10-19)29(30,31)32/h3-4,7-14,16,22H,2,5-6,15,17-18H2,1H3,(H,33,36)/t22-/m1/s1. The molecule has 5 rings (SSSR count). The lowest BCUT2D eigenvalue weighted by molar-refractivity contribution is -0.137. The topological polar surface area (TPSA) is 52.7 Å². The quantitative estimate of drug-likeness (QED) is 0.404. The van der Waals surface area contributed by atoms with Crippen LogP contribution in [0.4, 0.5) is 18.9 Å². The second-order valence-corrected chi connectivity index (χ2v) is 10.6. The minimum Gasteiger partial charge on any atom is -0.350 e. The fraction of sp³-hybridized carbons (Fsp3) is 0.310. The number of nitrogens with one attached hydrogen (secondary N) is 1. The minimum absolute atomic E-state index is 0.0669. The number of rotatable bonds is 6. The van der Waals surface area contributed by atoms with E-state index in [1.54, 1.807) is 29.2 Å². The van der Waals surface area contributed by atoms with Crippen molar-refractivity contribution >= 4 is 29.3 Å². The van der Waals surface area contributed by atoms with Crippen LogP contribution in [0.5, 0.6) is 0 Å². The third kappa shape index (κ3) is 5.44. The molecule has 0 bridgehead atoms. The van der Waals surface area contributed by atoms with Gasteiger partial charge in [0.05, 0.1) is 23.4 Å². The number of hydrogen-bond acceptors (Lipinski definition) is 4. The number of carbonyl (C=O) groups excluding carboxylic acids is 2. The van der Waals surface area contributed by atoms with Gasteiger partial charge in [0.2, 0.25) is 0 Å². The van der Waals surface area contributed by atoms with Gasteiger partial charge < -0.3 is 10.2 Å². The van der Waals surface area contributed by atoms with Crippen LogP contribution >= 0.6 is 11.8 Å². The maximum atomic E-state index is 13.7. The van der Waals surface area contributed by atoms with Gasteiger partial charge in [0, 0.05) is 27.9 Å². The number of carbonyl (C=O) groups is 2. The first-order valence-corrected chi connectivity index (χ1v) is 13.5. The van der Waals surface area contributed by atoms with Gasteiger partial charge in [-0.3, -0.25) is 14.5 Å². The van der Waals surface area contributed by atoms with E-state index < -0.39 is 11.7 Å². The van der Waals surface area contributed by atoms with Gasteiger partial charge >= 0.3 is 6.18 Å². The van der Waals surface area contributed by atoms with Crippen LogP contribution in [0.25, 0.3) is 0 Å². The monoisotopic (exact) mass is 539 g/mol. The second kappa shape index (κ2) is 10.8. The highest BCUT2D eigenvalue weighted by Gasteiger charge is 2.31. The van der Waals surface area contributed by atoms with E-state index in [1.807, 2.05) is 18.2 Å². The molecule has 2 aliphatic heterocycles. The molecule has 2 amide bonds. The molecule has 0 radical (unpaired) electrons. The van der Waals surface area contributed by atoms with E-state index in [9.17, 15) is 22.8 Å². The van der Waals surface area contributed by atoms with Gasteiger partial charge in [-0.15, -0.1) is 0 Å². The van der Waals surface area contributed by atoms with Gasteiger partial charge in [0.25, 0.3) is 11.8 Å². The number of amides is 2. The normalized spacial score (nSPS) is 17.6. The number of anilines is 1. The average Bonchev–Trinajstić information content (AvgIpc) is 3.34. The Bertz CT molecular complexity index is 1340. The smallest absolute Gasteiger partial charge is 0.350 e. The Morgan fingerprint density at radius 3 is 2.55 bits per heavy atom. The molecule has 5 nitrogen and oxygen atoms in total. The summed E-state index contributed by atoms with van der Waals surface area (Å²) in [5, 5.41) is 3.04. The predicted octanol–water partition coefficient (Wildman–Crippen LogP) is 6.23. The highest BCUT2D eigenvalue weighted by molar-refractivity contribution is 7.99. The third-order valence-corrected chi connectivity index (χ3v) is 8.26. The number of halogens is 3. The molecule has 1 fully saturated rings. The molecule has 3 aromatic carbocycles. The number of likely N-dealkylation sites (N-methyl/N-ethyl adjacent to an activating group) is 1. The molecule has 0 unspecified atom stereocenters. The van der Waals surface area contributed by atoms with E-state index in [4.69, 9.17) is 0 Å². The Morgan fingerprint density at radius 1 is 1.05 bits per heavy atom. The number of fused-ring (bicyclic) bond motifs is 2. The van der Waals surface area contributed by atoms with Gasteiger partial charge in [-0.2, -0.15) is 13.2 Å². The number of likely N-dealkylation sites (tertiary alicyclic amines) is 1. The van der Waals surface area contributed by atoms with Crippen LogP contribution in [0.15, 0.2) is 76.5 Å². The average molecular weight is 540 g/mol. The molecule has 0 spiro atoms. The highest BCUT2D eigenvalue weighted by atomic mass is 32.2. The third-order valence-electron chi connectivity index (χ3n) is 7.12. The van der Waals surface area contributed by atoms with Crippen molar-refractivity contribution in [2.45, 2.75) is 48.3 Å². The van der Waals surface area contributed by atoms with Crippen LogP contribution in [0.2, 0.25) is 0 Å². The Kier molecular flexibility index (Phi) is 7.49. The Balaban J connectivity index is 1.45. The molecule has 1 N–H and O–H groups in total. The number of alkyl halides is 3. The molecule has 198 valence electrons. The van der Waals surface area contributed by atoms with Crippen LogP contribution in [-0.2, 0) is 12.7 Å². The molecule has 2 heterocycles. The van der Waals surface area contributed by atoms with Crippen LogP contribution in [0.1, 0.15) is 51.6 Å². The SMILES string of the molecule is CCN1CCC[C@@H]1CNC(=O)c1ccc2c(c1)N(Cc1ccc(C(F)(F)F)cc1)C(=O)c1ccccc1S2. The molecule has 1 saturated heterocycles. The fourth-order valence-electron chi connectivity index (χ4n) is 5.06. The lowest BCUT2D eigenvalue weighted by atomic mass is 10.1. The summed E-state index contributed by atoms with van der Waals surface area (Å²) in [4.78, 5) is 32.3. The summed E-state index contributed by atoms with van der Waals surface area (Å²) < 4.78 is 39.2. The first kappa shape index (κ1) is 26.3. The number of nitrogens with zero attached hydrogens (tertiary/aromatic N) is 2. The van der Waals surface area contributed by atoms with Crippen molar-refractivity contribution < 1.29 is 22.8 Å². The molecule has 3 aromatic rings. The van der Waals surface area contributed by atoms with Gasteiger partial charge in [-0.05, 0) is 74.0 Å². The second-order valence-electron chi connectivity index (χ2n) is 9.50. The zero-order valence-corrected chi connectivity index (χ0v) is 21.7. The van der Waals surface area contributed by atoms with Crippen molar-refractivity contribution in [2.75, 3.05) is 24.5 Å². The van der Waals surface area contributed by atoms with Crippen molar-refractivity contribution in [1.29, 1.82) is 0 Å². The molecule has 9 heteroatoms. The molecule has 2 aliphatic rings. The van der Waals surface area contributed by atoms with E-state index in [0.29, 0.717) is 35.0 Å². The van der Waals surface area contributed by atoms with Crippen LogP contribution in [-0.4, -0.2) is 42.4 Å². The molecule has 0 aromatic heterocycles. The largest absolute Gasteiger partial charge is 0.416 e. The summed E-state index contributed by atoms with van der Waals surface area (Å²) in [6, 6.07) is 17.7. The van der Waals surface area contributed by atoms with E-state index in [0.717, 1.165) is 47.9 Å². The lowest BCUT2D eigenvalue weighted by Crippen LogP contribution is -2.40. The van der Waals surface area contributed by atoms with Gasteiger partial charge in [-0.25, -0.2) is 0 Å². The predicted molar refractivity (Wildman–Crippen MR) is 142 cm³/mol. The molecule has 0 aliphatic carbocycles. The maximum absolute atomic E-state index is 13.7. The van der Waals surface area contributed by atoms with Crippen molar-refractivity contribution in [2.24, 2.45) is 0 Å². The Labute approximate surface area is 224 Å². The Hall–Kier alpha value is -3.30. The number of hydrogen-bond donors (Lipinski definition) is 1. The molecular weight excluding hydrogens is 511 g/mol. The molecule has 1 atom stereocenters. The van der Waals surface area contributed by atoms with Crippen LogP contribution in [0.3, 0.4) is 0 Å². The van der Waals surface area contributed by atoms with Crippen molar-refractivity contribution in [3.63, 3.8) is 0 Å². The van der Waals surface area contributed by atoms with E-state index in [-0.39, 0.29) is 18.4 Å². The van der Waals surface area contributed by atoms with Crippen molar-refractivity contribution in [3.8, 4) is 0 Å². The highest BCUT2D eigenvalue weighted by Crippen LogP contribution is 2.42. The molecular formula is C29H28F3N3O2S. The summed E-state index contributed by atoms with van der Waals surface area (Å²) in [5.74, 6) is -0.488. The van der Waals surface area contributed by atoms with Crippen LogP contribution < -0.4 is 10.2 Å². The summed E-state index contributed by atoms with van der Waals surface area (Å²) >= 11 is 1.44. The zero-order chi connectivity index (χ0) is 26.9. The minimum atomic E-state index is -4.44. The van der Waals surface area contributed by atoms with Gasteiger partial charge in [-0.1, -0.05) is 43.0 Å². The van der Waals surface area contributed by atoms with Crippen LogP contribution in [0, 0.1) is 0 Å². The number of benzene rings is 3. The zero-order valence-electron chi connectivity index (χ0n) is 20.9.